The van der Waals surface area contributed by atoms with Crippen LogP contribution in [0, 0.1) is 0 Å². The van der Waals surface area contributed by atoms with Gasteiger partial charge in [-0.3, -0.25) is 0 Å². The van der Waals surface area contributed by atoms with Crippen LogP contribution in [-0.4, -0.2) is 19.7 Å². The van der Waals surface area contributed by atoms with Crippen LogP contribution in [0.5, 0.6) is 5.75 Å². The largest absolute Gasteiger partial charge is 0.495 e. The summed E-state index contributed by atoms with van der Waals surface area (Å²) in [5.41, 5.74) is 2.29. The second-order valence-electron chi connectivity index (χ2n) is 6.05. The van der Waals surface area contributed by atoms with Crippen molar-refractivity contribution >= 4 is 23.2 Å². The lowest BCUT2D eigenvalue weighted by Gasteiger charge is -2.34. The lowest BCUT2D eigenvalue weighted by molar-refractivity contribution is 0.303. The minimum atomic E-state index is 0.306. The Kier molecular flexibility index (Phi) is 6.01. The van der Waals surface area contributed by atoms with Crippen molar-refractivity contribution in [1.82, 2.24) is 10.6 Å². The fraction of sp³-hybridized carbons (Fsp3) is 0.368. The predicted octanol–water partition coefficient (Wildman–Crippen LogP) is 4.58. The second kappa shape index (κ2) is 8.21. The first-order valence-electron chi connectivity index (χ1n) is 8.22. The SMILES string of the molecule is COc1c(Cl)cc(Cl)cc1CN[C@@H]1CCCN[C@@H]1c1ccccc1. The van der Waals surface area contributed by atoms with Gasteiger partial charge in [0.25, 0.3) is 0 Å². The molecule has 1 saturated heterocycles. The van der Waals surface area contributed by atoms with Crippen LogP contribution in [-0.2, 0) is 6.54 Å². The van der Waals surface area contributed by atoms with Crippen LogP contribution in [0.25, 0.3) is 0 Å². The van der Waals surface area contributed by atoms with E-state index in [1.54, 1.807) is 13.2 Å². The molecular weight excluding hydrogens is 343 g/mol. The molecule has 24 heavy (non-hydrogen) atoms. The summed E-state index contributed by atoms with van der Waals surface area (Å²) in [6.45, 7) is 1.71. The van der Waals surface area contributed by atoms with Gasteiger partial charge in [-0.15, -0.1) is 0 Å². The molecule has 3 rings (SSSR count). The average molecular weight is 365 g/mol. The lowest BCUT2D eigenvalue weighted by atomic mass is 9.92. The first kappa shape index (κ1) is 17.6. The molecular formula is C19H22Cl2N2O. The minimum absolute atomic E-state index is 0.306. The van der Waals surface area contributed by atoms with Crippen molar-refractivity contribution in [3.8, 4) is 5.75 Å². The molecule has 5 heteroatoms. The summed E-state index contributed by atoms with van der Waals surface area (Å²) in [6.07, 6.45) is 2.29. The molecule has 1 aliphatic heterocycles. The molecule has 128 valence electrons. The number of methoxy groups -OCH3 is 1. The molecule has 0 aromatic heterocycles. The summed E-state index contributed by atoms with van der Waals surface area (Å²) >= 11 is 12.4. The summed E-state index contributed by atoms with van der Waals surface area (Å²) in [6, 6.07) is 14.8. The third-order valence-electron chi connectivity index (χ3n) is 4.46. The van der Waals surface area contributed by atoms with E-state index in [1.807, 2.05) is 12.1 Å². The van der Waals surface area contributed by atoms with Gasteiger partial charge in [0, 0.05) is 29.2 Å². The zero-order valence-electron chi connectivity index (χ0n) is 13.7. The number of nitrogens with one attached hydrogen (secondary N) is 2. The van der Waals surface area contributed by atoms with Gasteiger partial charge in [0.1, 0.15) is 5.75 Å². The Morgan fingerprint density at radius 3 is 2.75 bits per heavy atom. The Morgan fingerprint density at radius 2 is 2.00 bits per heavy atom. The summed E-state index contributed by atoms with van der Waals surface area (Å²) in [5.74, 6) is 0.689. The van der Waals surface area contributed by atoms with Crippen molar-refractivity contribution in [3.05, 3.63) is 63.6 Å². The van der Waals surface area contributed by atoms with Gasteiger partial charge in [0.15, 0.2) is 0 Å². The highest BCUT2D eigenvalue weighted by atomic mass is 35.5. The molecule has 2 aromatic rings. The summed E-state index contributed by atoms with van der Waals surface area (Å²) in [4.78, 5) is 0. The smallest absolute Gasteiger partial charge is 0.142 e. The van der Waals surface area contributed by atoms with Crippen LogP contribution >= 0.6 is 23.2 Å². The van der Waals surface area contributed by atoms with Gasteiger partial charge >= 0.3 is 0 Å². The first-order chi connectivity index (χ1) is 11.7. The van der Waals surface area contributed by atoms with Crippen LogP contribution in [0.3, 0.4) is 0 Å². The molecule has 2 N–H and O–H groups in total. The van der Waals surface area contributed by atoms with E-state index in [0.29, 0.717) is 34.4 Å². The van der Waals surface area contributed by atoms with E-state index in [2.05, 4.69) is 34.9 Å². The molecule has 1 aliphatic rings. The lowest BCUT2D eigenvalue weighted by Crippen LogP contribution is -2.45. The third kappa shape index (κ3) is 4.04. The van der Waals surface area contributed by atoms with E-state index in [-0.39, 0.29) is 0 Å². The van der Waals surface area contributed by atoms with Gasteiger partial charge in [0.05, 0.1) is 12.1 Å². The normalized spacial score (nSPS) is 20.8. The van der Waals surface area contributed by atoms with Crippen molar-refractivity contribution in [1.29, 1.82) is 0 Å². The maximum Gasteiger partial charge on any atom is 0.142 e. The molecule has 3 nitrogen and oxygen atoms in total. The average Bonchev–Trinajstić information content (AvgIpc) is 2.60. The Balaban J connectivity index is 1.75. The predicted molar refractivity (Wildman–Crippen MR) is 100 cm³/mol. The number of halogens is 2. The van der Waals surface area contributed by atoms with Crippen molar-refractivity contribution in [3.63, 3.8) is 0 Å². The van der Waals surface area contributed by atoms with Crippen LogP contribution in [0.15, 0.2) is 42.5 Å². The van der Waals surface area contributed by atoms with Gasteiger partial charge in [-0.05, 0) is 37.1 Å². The molecule has 0 aliphatic carbocycles. The van der Waals surface area contributed by atoms with Crippen LogP contribution < -0.4 is 15.4 Å². The molecule has 0 radical (unpaired) electrons. The third-order valence-corrected chi connectivity index (χ3v) is 4.96. The quantitative estimate of drug-likeness (QED) is 0.814. The molecule has 2 aromatic carbocycles. The van der Waals surface area contributed by atoms with Gasteiger partial charge in [-0.25, -0.2) is 0 Å². The summed E-state index contributed by atoms with van der Waals surface area (Å²) in [7, 11) is 1.63. The second-order valence-corrected chi connectivity index (χ2v) is 6.90. The number of benzene rings is 2. The molecule has 0 bridgehead atoms. The number of piperidine rings is 1. The highest BCUT2D eigenvalue weighted by Crippen LogP contribution is 2.32. The number of hydrogen-bond donors (Lipinski definition) is 2. The van der Waals surface area contributed by atoms with Crippen molar-refractivity contribution in [2.45, 2.75) is 31.5 Å². The Morgan fingerprint density at radius 1 is 1.21 bits per heavy atom. The van der Waals surface area contributed by atoms with E-state index in [9.17, 15) is 0 Å². The Hall–Kier alpha value is -1.26. The molecule has 0 unspecified atom stereocenters. The standard InChI is InChI=1S/C19H22Cl2N2O/c1-24-19-14(10-15(20)11-16(19)21)12-23-17-8-5-9-22-18(17)13-6-3-2-4-7-13/h2-4,6-7,10-11,17-18,22-23H,5,8-9,12H2,1H3/t17-,18-/m1/s1. The molecule has 0 spiro atoms. The van der Waals surface area contributed by atoms with E-state index < -0.39 is 0 Å². The zero-order valence-corrected chi connectivity index (χ0v) is 15.2. The molecule has 1 heterocycles. The van der Waals surface area contributed by atoms with Gasteiger partial charge < -0.3 is 15.4 Å². The topological polar surface area (TPSA) is 33.3 Å². The summed E-state index contributed by atoms with van der Waals surface area (Å²) in [5, 5.41) is 8.45. The van der Waals surface area contributed by atoms with E-state index in [1.165, 1.54) is 5.56 Å². The summed E-state index contributed by atoms with van der Waals surface area (Å²) < 4.78 is 5.44. The fourth-order valence-corrected chi connectivity index (χ4v) is 3.95. The highest BCUT2D eigenvalue weighted by molar-refractivity contribution is 6.35. The maximum atomic E-state index is 6.23. The van der Waals surface area contributed by atoms with Crippen LogP contribution in [0.2, 0.25) is 10.0 Å². The molecule has 0 saturated carbocycles. The zero-order chi connectivity index (χ0) is 16.9. The number of ether oxygens (including phenoxy) is 1. The van der Waals surface area contributed by atoms with Gasteiger partial charge in [-0.2, -0.15) is 0 Å². The van der Waals surface area contributed by atoms with E-state index in [4.69, 9.17) is 27.9 Å². The maximum absolute atomic E-state index is 6.23. The van der Waals surface area contributed by atoms with Gasteiger partial charge in [0.2, 0.25) is 0 Å². The highest BCUT2D eigenvalue weighted by Gasteiger charge is 2.26. The first-order valence-corrected chi connectivity index (χ1v) is 8.98. The van der Waals surface area contributed by atoms with Crippen molar-refractivity contribution in [2.75, 3.05) is 13.7 Å². The fourth-order valence-electron chi connectivity index (χ4n) is 3.33. The Labute approximate surface area is 153 Å². The molecule has 1 fully saturated rings. The van der Waals surface area contributed by atoms with Crippen LogP contribution in [0.1, 0.15) is 30.0 Å². The van der Waals surface area contributed by atoms with Crippen molar-refractivity contribution in [2.24, 2.45) is 0 Å². The van der Waals surface area contributed by atoms with Crippen LogP contribution in [0.4, 0.5) is 0 Å². The number of hydrogen-bond acceptors (Lipinski definition) is 3. The Bertz CT molecular complexity index is 679. The van der Waals surface area contributed by atoms with E-state index in [0.717, 1.165) is 24.9 Å². The molecule has 2 atom stereocenters. The molecule has 0 amide bonds. The van der Waals surface area contributed by atoms with E-state index >= 15 is 0 Å². The van der Waals surface area contributed by atoms with Gasteiger partial charge in [-0.1, -0.05) is 53.5 Å². The van der Waals surface area contributed by atoms with Crippen molar-refractivity contribution < 1.29 is 4.74 Å². The monoisotopic (exact) mass is 364 g/mol. The minimum Gasteiger partial charge on any atom is -0.495 e. The number of rotatable bonds is 5.